The van der Waals surface area contributed by atoms with Crippen molar-refractivity contribution in [2.24, 2.45) is 0 Å². The van der Waals surface area contributed by atoms with Gasteiger partial charge in [-0.05, 0) is 50.2 Å². The number of benzene rings is 2. The Kier molecular flexibility index (Phi) is 9.04. The molecular weight excluding hydrogens is 441 g/mol. The molecule has 0 bridgehead atoms. The monoisotopic (exact) mass is 459 g/mol. The Balaban J connectivity index is 1.94. The zero-order valence-electron chi connectivity index (χ0n) is 15.8. The number of rotatable bonds is 9. The summed E-state index contributed by atoms with van der Waals surface area (Å²) in [5.74, 6) is -0.497. The number of hydrogen-bond donors (Lipinski definition) is 1. The summed E-state index contributed by atoms with van der Waals surface area (Å²) in [6.45, 7) is 4.49. The highest BCUT2D eigenvalue weighted by Gasteiger charge is 2.17. The lowest BCUT2D eigenvalue weighted by molar-refractivity contribution is -0.152. The van der Waals surface area contributed by atoms with Crippen LogP contribution in [-0.4, -0.2) is 37.8 Å². The first-order valence-electron chi connectivity index (χ1n) is 8.78. The highest BCUT2D eigenvalue weighted by Crippen LogP contribution is 2.34. The fourth-order valence-corrected chi connectivity index (χ4v) is 3.16. The van der Waals surface area contributed by atoms with Gasteiger partial charge in [-0.15, -0.1) is 0 Å². The molecule has 2 aromatic carbocycles. The van der Waals surface area contributed by atoms with E-state index < -0.39 is 18.0 Å². The molecule has 1 unspecified atom stereocenters. The minimum atomic E-state index is -0.803. The van der Waals surface area contributed by atoms with Crippen LogP contribution in [0.4, 0.5) is 5.69 Å². The van der Waals surface area contributed by atoms with E-state index in [-0.39, 0.29) is 22.3 Å². The number of halogens is 3. The van der Waals surface area contributed by atoms with Gasteiger partial charge in [0.2, 0.25) is 0 Å². The van der Waals surface area contributed by atoms with E-state index in [4.69, 9.17) is 49.0 Å². The van der Waals surface area contributed by atoms with Crippen molar-refractivity contribution in [3.63, 3.8) is 0 Å². The number of esters is 1. The molecular formula is C20H20Cl3NO5. The standard InChI is InChI=1S/C20H20Cl3NO5/c1-3-27-8-9-28-20(26)12(2)29-15-6-4-13(5-7-15)19(25)24-18-16(22)10-14(21)11-17(18)23/h4-7,10-12H,3,8-9H2,1-2H3,(H,24,25). The van der Waals surface area contributed by atoms with E-state index in [0.29, 0.717) is 29.5 Å². The Hall–Kier alpha value is -1.99. The molecule has 0 fully saturated rings. The maximum atomic E-state index is 12.4. The molecule has 0 aliphatic carbocycles. The van der Waals surface area contributed by atoms with Crippen LogP contribution in [0, 0.1) is 0 Å². The van der Waals surface area contributed by atoms with Gasteiger partial charge in [0.1, 0.15) is 12.4 Å². The van der Waals surface area contributed by atoms with Gasteiger partial charge in [-0.1, -0.05) is 34.8 Å². The average Bonchev–Trinajstić information content (AvgIpc) is 2.68. The fraction of sp³-hybridized carbons (Fsp3) is 0.300. The van der Waals surface area contributed by atoms with Crippen LogP contribution in [0.2, 0.25) is 15.1 Å². The second-order valence-electron chi connectivity index (χ2n) is 5.85. The summed E-state index contributed by atoms with van der Waals surface area (Å²) < 4.78 is 15.7. The van der Waals surface area contributed by atoms with Crippen LogP contribution in [0.15, 0.2) is 36.4 Å². The lowest BCUT2D eigenvalue weighted by atomic mass is 10.2. The van der Waals surface area contributed by atoms with Crippen molar-refractivity contribution >= 4 is 52.4 Å². The van der Waals surface area contributed by atoms with Gasteiger partial charge in [0.05, 0.1) is 22.3 Å². The van der Waals surface area contributed by atoms with Gasteiger partial charge in [-0.2, -0.15) is 0 Å². The lowest BCUT2D eigenvalue weighted by Gasteiger charge is -2.14. The van der Waals surface area contributed by atoms with Gasteiger partial charge in [-0.25, -0.2) is 4.79 Å². The minimum absolute atomic E-state index is 0.162. The Labute approximate surface area is 184 Å². The van der Waals surface area contributed by atoms with E-state index in [9.17, 15) is 9.59 Å². The summed E-state index contributed by atoms with van der Waals surface area (Å²) in [4.78, 5) is 24.3. The van der Waals surface area contributed by atoms with Crippen LogP contribution >= 0.6 is 34.8 Å². The Morgan fingerprint density at radius 3 is 2.24 bits per heavy atom. The van der Waals surface area contributed by atoms with Gasteiger partial charge < -0.3 is 19.5 Å². The van der Waals surface area contributed by atoms with E-state index in [1.54, 1.807) is 31.2 Å². The first-order valence-corrected chi connectivity index (χ1v) is 9.92. The largest absolute Gasteiger partial charge is 0.479 e. The van der Waals surface area contributed by atoms with Crippen LogP contribution in [-0.2, 0) is 14.3 Å². The van der Waals surface area contributed by atoms with Crippen molar-refractivity contribution in [1.82, 2.24) is 0 Å². The second kappa shape index (κ2) is 11.3. The van der Waals surface area contributed by atoms with Crippen molar-refractivity contribution in [3.8, 4) is 5.75 Å². The van der Waals surface area contributed by atoms with Crippen LogP contribution in [0.1, 0.15) is 24.2 Å². The Bertz CT molecular complexity index is 835. The number of nitrogens with one attached hydrogen (secondary N) is 1. The molecule has 0 aliphatic rings. The summed E-state index contributed by atoms with van der Waals surface area (Å²) in [6, 6.07) is 9.21. The molecule has 0 saturated heterocycles. The van der Waals surface area contributed by atoms with Crippen molar-refractivity contribution < 1.29 is 23.8 Å². The van der Waals surface area contributed by atoms with Gasteiger partial charge in [0.15, 0.2) is 6.10 Å². The molecule has 0 radical (unpaired) electrons. The molecule has 1 amide bonds. The summed E-state index contributed by atoms with van der Waals surface area (Å²) in [7, 11) is 0. The number of hydrogen-bond acceptors (Lipinski definition) is 5. The number of carbonyl (C=O) groups is 2. The Morgan fingerprint density at radius 1 is 1.03 bits per heavy atom. The summed E-state index contributed by atoms with van der Waals surface area (Å²) in [5, 5.41) is 3.47. The van der Waals surface area contributed by atoms with Crippen LogP contribution in [0.5, 0.6) is 5.75 Å². The van der Waals surface area contributed by atoms with Gasteiger partial charge in [-0.3, -0.25) is 4.79 Å². The normalized spacial score (nSPS) is 11.6. The van der Waals surface area contributed by atoms with Crippen molar-refractivity contribution in [2.75, 3.05) is 25.1 Å². The zero-order chi connectivity index (χ0) is 21.4. The quantitative estimate of drug-likeness (QED) is 0.409. The molecule has 6 nitrogen and oxygen atoms in total. The van der Waals surface area contributed by atoms with E-state index >= 15 is 0 Å². The molecule has 29 heavy (non-hydrogen) atoms. The molecule has 2 rings (SSSR count). The molecule has 0 saturated carbocycles. The molecule has 0 aliphatic heterocycles. The molecule has 9 heteroatoms. The van der Waals surface area contributed by atoms with Crippen LogP contribution in [0.3, 0.4) is 0 Å². The molecule has 0 aromatic heterocycles. The predicted molar refractivity (Wildman–Crippen MR) is 113 cm³/mol. The van der Waals surface area contributed by atoms with E-state index in [1.807, 2.05) is 6.92 Å². The SMILES string of the molecule is CCOCCOC(=O)C(C)Oc1ccc(C(=O)Nc2c(Cl)cc(Cl)cc2Cl)cc1. The zero-order valence-corrected chi connectivity index (χ0v) is 18.1. The van der Waals surface area contributed by atoms with E-state index in [2.05, 4.69) is 5.32 Å². The first-order chi connectivity index (χ1) is 13.8. The minimum Gasteiger partial charge on any atom is -0.479 e. The number of anilines is 1. The van der Waals surface area contributed by atoms with Crippen LogP contribution < -0.4 is 10.1 Å². The van der Waals surface area contributed by atoms with Crippen molar-refractivity contribution in [3.05, 3.63) is 57.0 Å². The fourth-order valence-electron chi connectivity index (χ4n) is 2.25. The third-order valence-electron chi connectivity index (χ3n) is 3.68. The van der Waals surface area contributed by atoms with Crippen LogP contribution in [0.25, 0.3) is 0 Å². The highest BCUT2D eigenvalue weighted by molar-refractivity contribution is 6.42. The first kappa shape index (κ1) is 23.3. The summed E-state index contributed by atoms with van der Waals surface area (Å²) in [6.07, 6.45) is -0.803. The third kappa shape index (κ3) is 7.08. The third-order valence-corrected chi connectivity index (χ3v) is 4.50. The van der Waals surface area contributed by atoms with Gasteiger partial charge >= 0.3 is 5.97 Å². The molecule has 1 N–H and O–H groups in total. The average molecular weight is 461 g/mol. The van der Waals surface area contributed by atoms with Gasteiger partial charge in [0.25, 0.3) is 5.91 Å². The molecule has 156 valence electrons. The summed E-state index contributed by atoms with van der Waals surface area (Å²) >= 11 is 18.0. The molecule has 0 heterocycles. The maximum Gasteiger partial charge on any atom is 0.347 e. The molecule has 0 spiro atoms. The topological polar surface area (TPSA) is 73.9 Å². The van der Waals surface area contributed by atoms with E-state index in [0.717, 1.165) is 0 Å². The summed E-state index contributed by atoms with van der Waals surface area (Å²) in [5.41, 5.74) is 0.623. The lowest BCUT2D eigenvalue weighted by Crippen LogP contribution is -2.27. The number of ether oxygens (including phenoxy) is 3. The Morgan fingerprint density at radius 2 is 1.66 bits per heavy atom. The van der Waals surface area contributed by atoms with E-state index in [1.165, 1.54) is 12.1 Å². The highest BCUT2D eigenvalue weighted by atomic mass is 35.5. The maximum absolute atomic E-state index is 12.4. The number of carbonyl (C=O) groups excluding carboxylic acids is 2. The smallest absolute Gasteiger partial charge is 0.347 e. The predicted octanol–water partition coefficient (Wildman–Crippen LogP) is 5.25. The van der Waals surface area contributed by atoms with Gasteiger partial charge in [0, 0.05) is 17.2 Å². The number of amides is 1. The van der Waals surface area contributed by atoms with Crippen molar-refractivity contribution in [2.45, 2.75) is 20.0 Å². The van der Waals surface area contributed by atoms with Crippen molar-refractivity contribution in [1.29, 1.82) is 0 Å². The second-order valence-corrected chi connectivity index (χ2v) is 7.10. The molecule has 1 atom stereocenters. The molecule has 2 aromatic rings.